The van der Waals surface area contributed by atoms with Crippen LogP contribution < -0.4 is 0 Å². The molecule has 3 nitrogen and oxygen atoms in total. The van der Waals surface area contributed by atoms with E-state index in [9.17, 15) is 4.57 Å². The van der Waals surface area contributed by atoms with Crippen LogP contribution in [-0.4, -0.2) is 19.7 Å². The van der Waals surface area contributed by atoms with Gasteiger partial charge in [0.2, 0.25) is 0 Å². The minimum absolute atomic E-state index is 0.0311. The molecule has 16 heavy (non-hydrogen) atoms. The molecule has 0 saturated heterocycles. The van der Waals surface area contributed by atoms with E-state index in [2.05, 4.69) is 63.7 Å². The van der Waals surface area contributed by atoms with Gasteiger partial charge in [0.25, 0.3) is 0 Å². The third kappa shape index (κ3) is 7.39. The van der Waals surface area contributed by atoms with E-state index in [1.165, 1.54) is 0 Å². The lowest BCUT2D eigenvalue weighted by molar-refractivity contribution is 0.141. The molecule has 0 amide bonds. The van der Waals surface area contributed by atoms with Gasteiger partial charge in [0.1, 0.15) is 19.7 Å². The van der Waals surface area contributed by atoms with Crippen molar-refractivity contribution in [2.75, 3.05) is 0 Å². The Labute approximate surface area is 131 Å². The molecule has 0 heterocycles. The molecule has 0 aromatic heterocycles. The summed E-state index contributed by atoms with van der Waals surface area (Å²) in [6, 6.07) is 0. The van der Waals surface area contributed by atoms with Gasteiger partial charge in [0.15, 0.2) is 0 Å². The van der Waals surface area contributed by atoms with Crippen LogP contribution in [0.5, 0.6) is 0 Å². The number of hydrogen-bond acceptors (Lipinski definition) is 3. The summed E-state index contributed by atoms with van der Waals surface area (Å²) in [5.41, 5.74) is 0. The average Bonchev–Trinajstić information content (AvgIpc) is 2.21. The molecule has 2 atom stereocenters. The molecule has 96 valence electrons. The van der Waals surface area contributed by atoms with Crippen LogP contribution in [0.4, 0.5) is 0 Å². The number of halogens is 4. The summed E-state index contributed by atoms with van der Waals surface area (Å²) in [6.45, 7) is 3.91. The van der Waals surface area contributed by atoms with Gasteiger partial charge in [-0.3, -0.25) is 0 Å². The standard InChI is InChI=1S/C8H14Br4O3P/c1-3-5(7(9)10)14-16(13)15-6(4-2)8(11)12/h5-8H,3-4H2,1-2H3/q+1. The van der Waals surface area contributed by atoms with E-state index in [-0.39, 0.29) is 19.7 Å². The zero-order valence-electron chi connectivity index (χ0n) is 8.91. The third-order valence-corrected chi connectivity index (χ3v) is 5.05. The Morgan fingerprint density at radius 1 is 0.938 bits per heavy atom. The van der Waals surface area contributed by atoms with E-state index in [1.807, 2.05) is 13.8 Å². The summed E-state index contributed by atoms with van der Waals surface area (Å²) in [5, 5.41) is 0. The van der Waals surface area contributed by atoms with Crippen molar-refractivity contribution in [1.29, 1.82) is 0 Å². The van der Waals surface area contributed by atoms with Gasteiger partial charge >= 0.3 is 8.25 Å². The maximum Gasteiger partial charge on any atom is 0.698 e. The van der Waals surface area contributed by atoms with Crippen LogP contribution in [0, 0.1) is 0 Å². The molecule has 0 aromatic carbocycles. The lowest BCUT2D eigenvalue weighted by atomic mass is 10.3. The second kappa shape index (κ2) is 9.82. The third-order valence-electron chi connectivity index (χ3n) is 1.81. The molecule has 0 N–H and O–H groups in total. The highest BCUT2D eigenvalue weighted by Gasteiger charge is 2.34. The molecule has 8 heteroatoms. The van der Waals surface area contributed by atoms with Crippen molar-refractivity contribution in [3.63, 3.8) is 0 Å². The predicted molar refractivity (Wildman–Crippen MR) is 81.2 cm³/mol. The molecule has 0 rings (SSSR count). The maximum absolute atomic E-state index is 11.6. The minimum atomic E-state index is -2.11. The van der Waals surface area contributed by atoms with Gasteiger partial charge in [-0.05, 0) is 12.8 Å². The Bertz CT molecular complexity index is 195. The lowest BCUT2D eigenvalue weighted by Gasteiger charge is -2.11. The number of rotatable bonds is 8. The van der Waals surface area contributed by atoms with Gasteiger partial charge in [-0.25, -0.2) is 0 Å². The summed E-state index contributed by atoms with van der Waals surface area (Å²) in [5.74, 6) is 0. The minimum Gasteiger partial charge on any atom is -0.114 e. The van der Waals surface area contributed by atoms with Crippen LogP contribution in [0.1, 0.15) is 26.7 Å². The van der Waals surface area contributed by atoms with Gasteiger partial charge in [-0.1, -0.05) is 77.6 Å². The van der Waals surface area contributed by atoms with Crippen LogP contribution in [0.2, 0.25) is 0 Å². The summed E-state index contributed by atoms with van der Waals surface area (Å²) >= 11 is 13.3. The van der Waals surface area contributed by atoms with Gasteiger partial charge in [-0.2, -0.15) is 0 Å². The van der Waals surface area contributed by atoms with Crippen molar-refractivity contribution in [3.8, 4) is 0 Å². The van der Waals surface area contributed by atoms with Gasteiger partial charge < -0.3 is 0 Å². The summed E-state index contributed by atoms with van der Waals surface area (Å²) in [6.07, 6.45) is 1.14. The zero-order valence-corrected chi connectivity index (χ0v) is 16.1. The van der Waals surface area contributed by atoms with E-state index in [4.69, 9.17) is 9.05 Å². The van der Waals surface area contributed by atoms with E-state index >= 15 is 0 Å². The van der Waals surface area contributed by atoms with Crippen LogP contribution >= 0.6 is 72.0 Å². The van der Waals surface area contributed by atoms with E-state index in [0.717, 1.165) is 12.8 Å². The molecule has 0 aromatic rings. The molecule has 0 bridgehead atoms. The normalized spacial score (nSPS) is 16.6. The fourth-order valence-corrected chi connectivity index (χ4v) is 4.47. The van der Waals surface area contributed by atoms with Gasteiger partial charge in [0.05, 0.1) is 0 Å². The largest absolute Gasteiger partial charge is 0.698 e. The first-order chi connectivity index (χ1) is 7.42. The molecule has 0 fully saturated rings. The number of hydrogen-bond donors (Lipinski definition) is 0. The Balaban J connectivity index is 4.15. The second-order valence-corrected chi connectivity index (χ2v) is 10.3. The first kappa shape index (κ1) is 17.9. The van der Waals surface area contributed by atoms with Crippen molar-refractivity contribution < 1.29 is 13.6 Å². The molecule has 0 aliphatic heterocycles. The fourth-order valence-electron chi connectivity index (χ4n) is 0.843. The van der Waals surface area contributed by atoms with Crippen LogP contribution in [0.15, 0.2) is 0 Å². The topological polar surface area (TPSA) is 35.5 Å². The molecule has 2 unspecified atom stereocenters. The zero-order chi connectivity index (χ0) is 12.7. The lowest BCUT2D eigenvalue weighted by Crippen LogP contribution is -2.19. The van der Waals surface area contributed by atoms with Crippen LogP contribution in [0.3, 0.4) is 0 Å². The summed E-state index contributed by atoms with van der Waals surface area (Å²) < 4.78 is 22.1. The summed E-state index contributed by atoms with van der Waals surface area (Å²) in [4.78, 5) is 0. The summed E-state index contributed by atoms with van der Waals surface area (Å²) in [7, 11) is -2.11. The van der Waals surface area contributed by atoms with Crippen LogP contribution in [0.25, 0.3) is 0 Å². The van der Waals surface area contributed by atoms with E-state index < -0.39 is 8.25 Å². The fraction of sp³-hybridized carbons (Fsp3) is 1.00. The maximum atomic E-state index is 11.6. The van der Waals surface area contributed by atoms with E-state index in [0.29, 0.717) is 0 Å². The molecular formula is C8H14Br4O3P+. The smallest absolute Gasteiger partial charge is 0.114 e. The monoisotopic (exact) mass is 505 g/mol. The predicted octanol–water partition coefficient (Wildman–Crippen LogP) is 5.47. The molecular weight excluding hydrogens is 495 g/mol. The average molecular weight is 509 g/mol. The molecule has 0 spiro atoms. The molecule has 0 saturated carbocycles. The van der Waals surface area contributed by atoms with Crippen LogP contribution in [-0.2, 0) is 13.6 Å². The van der Waals surface area contributed by atoms with E-state index in [1.54, 1.807) is 0 Å². The molecule has 0 aliphatic carbocycles. The van der Waals surface area contributed by atoms with Crippen molar-refractivity contribution in [2.24, 2.45) is 0 Å². The molecule has 0 aliphatic rings. The van der Waals surface area contributed by atoms with Gasteiger partial charge in [0, 0.05) is 4.57 Å². The van der Waals surface area contributed by atoms with Crippen molar-refractivity contribution in [3.05, 3.63) is 0 Å². The SMILES string of the molecule is CCC(O[P+](=O)OC(CC)C(Br)Br)C(Br)Br. The highest BCUT2D eigenvalue weighted by Crippen LogP contribution is 2.36. The highest BCUT2D eigenvalue weighted by molar-refractivity contribution is 9.25. The van der Waals surface area contributed by atoms with Crippen molar-refractivity contribution >= 4 is 72.0 Å². The first-order valence-corrected chi connectivity index (χ1v) is 9.55. The Hall–Kier alpha value is 1.94. The quantitative estimate of drug-likeness (QED) is 0.322. The highest BCUT2D eigenvalue weighted by atomic mass is 79.9. The number of alkyl halides is 4. The second-order valence-electron chi connectivity index (χ2n) is 3.00. The van der Waals surface area contributed by atoms with Crippen molar-refractivity contribution in [2.45, 2.75) is 46.4 Å². The van der Waals surface area contributed by atoms with Crippen molar-refractivity contribution in [1.82, 2.24) is 0 Å². The Morgan fingerprint density at radius 2 is 1.25 bits per heavy atom. The Morgan fingerprint density at radius 3 is 1.44 bits per heavy atom. The van der Waals surface area contributed by atoms with Gasteiger partial charge in [-0.15, -0.1) is 9.05 Å². The Kier molecular flexibility index (Phi) is 11.0. The molecule has 0 radical (unpaired) electrons. The first-order valence-electron chi connectivity index (χ1n) is 4.79.